The number of ether oxygens (including phenoxy) is 2. The van der Waals surface area contributed by atoms with Gasteiger partial charge in [0.05, 0.1) is 31.2 Å². The SMILES string of the molecule is CCOc1ccc(-n2nc(C(=O)N/N=C/c3cc4cc(OC)ccc4[nH]c3=O)c(C)c(C#N)c2=O)cc1. The second-order valence-corrected chi connectivity index (χ2v) is 7.81. The highest BCUT2D eigenvalue weighted by Crippen LogP contribution is 2.18. The molecule has 4 aromatic rings. The molecule has 0 spiro atoms. The Morgan fingerprint density at radius 1 is 1.19 bits per heavy atom. The van der Waals surface area contributed by atoms with Gasteiger partial charge in [-0.1, -0.05) is 0 Å². The zero-order chi connectivity index (χ0) is 26.5. The van der Waals surface area contributed by atoms with Crippen molar-refractivity contribution in [3.05, 3.63) is 91.6 Å². The Labute approximate surface area is 210 Å². The molecule has 4 rings (SSSR count). The highest BCUT2D eigenvalue weighted by atomic mass is 16.5. The van der Waals surface area contributed by atoms with E-state index in [-0.39, 0.29) is 22.4 Å². The normalized spacial score (nSPS) is 10.9. The van der Waals surface area contributed by atoms with E-state index in [0.29, 0.717) is 34.7 Å². The number of pyridine rings is 1. The van der Waals surface area contributed by atoms with Crippen molar-refractivity contribution in [2.24, 2.45) is 5.10 Å². The van der Waals surface area contributed by atoms with Crippen LogP contribution in [0.15, 0.2) is 63.2 Å². The molecule has 186 valence electrons. The molecule has 0 unspecified atom stereocenters. The fraction of sp³-hybridized carbons (Fsp3) is 0.154. The number of rotatable bonds is 7. The van der Waals surface area contributed by atoms with Crippen molar-refractivity contribution >= 4 is 23.0 Å². The van der Waals surface area contributed by atoms with Gasteiger partial charge < -0.3 is 14.5 Å². The first kappa shape index (κ1) is 24.9. The Morgan fingerprint density at radius 3 is 2.59 bits per heavy atom. The summed E-state index contributed by atoms with van der Waals surface area (Å²) in [7, 11) is 1.54. The number of aromatic nitrogens is 3. The van der Waals surface area contributed by atoms with Crippen molar-refractivity contribution < 1.29 is 14.3 Å². The van der Waals surface area contributed by atoms with Crippen LogP contribution < -0.4 is 26.0 Å². The molecule has 0 saturated heterocycles. The molecule has 0 aliphatic rings. The van der Waals surface area contributed by atoms with Crippen molar-refractivity contribution in [3.63, 3.8) is 0 Å². The van der Waals surface area contributed by atoms with Crippen molar-refractivity contribution in [1.82, 2.24) is 20.2 Å². The Bertz CT molecular complexity index is 1680. The van der Waals surface area contributed by atoms with E-state index < -0.39 is 17.0 Å². The maximum Gasteiger partial charge on any atom is 0.292 e. The standard InChI is InChI=1S/C26H22N6O5/c1-4-37-19-7-5-18(6-8-19)32-26(35)21(13-27)15(2)23(31-32)25(34)30-28-14-17-11-16-12-20(36-3)9-10-22(16)29-24(17)33/h5-12,14H,4H2,1-3H3,(H,29,33)(H,30,34)/b28-14+. The third-order valence-electron chi connectivity index (χ3n) is 5.51. The summed E-state index contributed by atoms with van der Waals surface area (Å²) < 4.78 is 11.6. The summed E-state index contributed by atoms with van der Waals surface area (Å²) in [5, 5.41) is 18.3. The summed E-state index contributed by atoms with van der Waals surface area (Å²) >= 11 is 0. The van der Waals surface area contributed by atoms with Crippen molar-refractivity contribution in [2.75, 3.05) is 13.7 Å². The summed E-state index contributed by atoms with van der Waals surface area (Å²) in [5.41, 5.74) is 2.12. The Hall–Kier alpha value is -5.24. The van der Waals surface area contributed by atoms with Crippen molar-refractivity contribution in [3.8, 4) is 23.3 Å². The number of hydrogen-bond acceptors (Lipinski definition) is 8. The number of hydrazone groups is 1. The van der Waals surface area contributed by atoms with Gasteiger partial charge in [0.1, 0.15) is 23.1 Å². The molecule has 0 radical (unpaired) electrons. The molecule has 2 aromatic carbocycles. The van der Waals surface area contributed by atoms with E-state index in [1.165, 1.54) is 20.2 Å². The molecule has 11 heteroatoms. The van der Waals surface area contributed by atoms with Crippen LogP contribution in [0.1, 0.15) is 34.1 Å². The molecule has 0 aliphatic carbocycles. The number of aromatic amines is 1. The number of nitriles is 1. The monoisotopic (exact) mass is 498 g/mol. The first-order valence-corrected chi connectivity index (χ1v) is 11.2. The minimum absolute atomic E-state index is 0.109. The molecule has 2 heterocycles. The lowest BCUT2D eigenvalue weighted by Crippen LogP contribution is -2.31. The second kappa shape index (κ2) is 10.6. The smallest absolute Gasteiger partial charge is 0.292 e. The molecule has 0 fully saturated rings. The highest BCUT2D eigenvalue weighted by Gasteiger charge is 2.20. The first-order chi connectivity index (χ1) is 17.9. The number of carbonyl (C=O) groups is 1. The Kier molecular flexibility index (Phi) is 7.11. The van der Waals surface area contributed by atoms with Gasteiger partial charge in [0.15, 0.2) is 5.69 Å². The largest absolute Gasteiger partial charge is 0.497 e. The van der Waals surface area contributed by atoms with Crippen LogP contribution in [-0.2, 0) is 0 Å². The number of methoxy groups -OCH3 is 1. The molecule has 2 N–H and O–H groups in total. The van der Waals surface area contributed by atoms with Crippen molar-refractivity contribution in [1.29, 1.82) is 5.26 Å². The van der Waals surface area contributed by atoms with Gasteiger partial charge in [0.2, 0.25) is 0 Å². The zero-order valence-electron chi connectivity index (χ0n) is 20.2. The molecule has 0 saturated carbocycles. The summed E-state index contributed by atoms with van der Waals surface area (Å²) in [6, 6.07) is 15.1. The van der Waals surface area contributed by atoms with Gasteiger partial charge in [-0.2, -0.15) is 20.1 Å². The molecule has 11 nitrogen and oxygen atoms in total. The number of nitrogens with zero attached hydrogens (tertiary/aromatic N) is 4. The van der Waals surface area contributed by atoms with Crippen LogP contribution in [0.5, 0.6) is 11.5 Å². The maximum atomic E-state index is 12.9. The van der Waals surface area contributed by atoms with Crippen molar-refractivity contribution in [2.45, 2.75) is 13.8 Å². The summed E-state index contributed by atoms with van der Waals surface area (Å²) in [6.07, 6.45) is 1.19. The van der Waals surface area contributed by atoms with Gasteiger partial charge in [-0.25, -0.2) is 5.43 Å². The van der Waals surface area contributed by atoms with Gasteiger partial charge in [-0.15, -0.1) is 0 Å². The minimum atomic E-state index is -0.760. The molecular formula is C26H22N6O5. The third-order valence-corrected chi connectivity index (χ3v) is 5.51. The summed E-state index contributed by atoms with van der Waals surface area (Å²) in [5.74, 6) is 0.457. The lowest BCUT2D eigenvalue weighted by molar-refractivity contribution is 0.0947. The van der Waals surface area contributed by atoms with Crippen LogP contribution >= 0.6 is 0 Å². The quantitative estimate of drug-likeness (QED) is 0.293. The first-order valence-electron chi connectivity index (χ1n) is 11.2. The number of nitrogens with one attached hydrogen (secondary N) is 2. The van der Waals surface area contributed by atoms with Crippen LogP contribution in [-0.4, -0.2) is 40.6 Å². The Balaban J connectivity index is 1.64. The van der Waals surface area contributed by atoms with Gasteiger partial charge in [-0.05, 0) is 62.4 Å². The van der Waals surface area contributed by atoms with E-state index in [4.69, 9.17) is 9.47 Å². The molecule has 2 aromatic heterocycles. The number of hydrogen-bond donors (Lipinski definition) is 2. The van der Waals surface area contributed by atoms with E-state index in [2.05, 4.69) is 20.6 Å². The molecule has 37 heavy (non-hydrogen) atoms. The highest BCUT2D eigenvalue weighted by molar-refractivity contribution is 5.95. The van der Waals surface area contributed by atoms with E-state index in [1.807, 2.05) is 13.0 Å². The predicted octanol–water partition coefficient (Wildman–Crippen LogP) is 2.43. The van der Waals surface area contributed by atoms with Crippen LogP contribution in [0.2, 0.25) is 0 Å². The van der Waals surface area contributed by atoms with Gasteiger partial charge in [0, 0.05) is 16.5 Å². The van der Waals surface area contributed by atoms with Gasteiger partial charge in [-0.3, -0.25) is 14.4 Å². The third kappa shape index (κ3) is 5.08. The second-order valence-electron chi connectivity index (χ2n) is 7.81. The number of fused-ring (bicyclic) bond motifs is 1. The minimum Gasteiger partial charge on any atom is -0.497 e. The van der Waals surface area contributed by atoms with Gasteiger partial charge in [0.25, 0.3) is 17.0 Å². The van der Waals surface area contributed by atoms with E-state index in [9.17, 15) is 19.6 Å². The van der Waals surface area contributed by atoms with E-state index >= 15 is 0 Å². The average molecular weight is 498 g/mol. The average Bonchev–Trinajstić information content (AvgIpc) is 2.90. The molecule has 1 amide bonds. The maximum absolute atomic E-state index is 12.9. The summed E-state index contributed by atoms with van der Waals surface area (Å²) in [4.78, 5) is 40.9. The number of benzene rings is 2. The molecule has 0 aliphatic heterocycles. The number of carbonyl (C=O) groups excluding carboxylic acids is 1. The lowest BCUT2D eigenvalue weighted by Gasteiger charge is -2.11. The fourth-order valence-corrected chi connectivity index (χ4v) is 3.62. The van der Waals surface area contributed by atoms with E-state index in [0.717, 1.165) is 4.68 Å². The molecular weight excluding hydrogens is 476 g/mol. The zero-order valence-corrected chi connectivity index (χ0v) is 20.2. The van der Waals surface area contributed by atoms with E-state index in [1.54, 1.807) is 48.5 Å². The summed E-state index contributed by atoms with van der Waals surface area (Å²) in [6.45, 7) is 3.78. The fourth-order valence-electron chi connectivity index (χ4n) is 3.62. The van der Waals surface area contributed by atoms with Crippen LogP contribution in [0.4, 0.5) is 0 Å². The molecule has 0 bridgehead atoms. The van der Waals surface area contributed by atoms with Crippen LogP contribution in [0, 0.1) is 18.3 Å². The number of amides is 1. The van der Waals surface area contributed by atoms with Crippen LogP contribution in [0.3, 0.4) is 0 Å². The number of H-pyrrole nitrogens is 1. The van der Waals surface area contributed by atoms with Gasteiger partial charge >= 0.3 is 0 Å². The predicted molar refractivity (Wildman–Crippen MR) is 137 cm³/mol. The topological polar surface area (TPSA) is 151 Å². The molecule has 0 atom stereocenters. The lowest BCUT2D eigenvalue weighted by atomic mass is 10.1. The Morgan fingerprint density at radius 2 is 1.92 bits per heavy atom. The van der Waals surface area contributed by atoms with Crippen LogP contribution in [0.25, 0.3) is 16.6 Å².